The van der Waals surface area contributed by atoms with E-state index in [1.807, 2.05) is 29.6 Å². The highest BCUT2D eigenvalue weighted by Gasteiger charge is 2.10. The zero-order chi connectivity index (χ0) is 12.4. The van der Waals surface area contributed by atoms with Crippen molar-refractivity contribution in [3.8, 4) is 11.5 Å². The number of thiophene rings is 1. The molecular weight excluding hydrogens is 244 g/mol. The maximum atomic E-state index is 4.56. The monoisotopic (exact) mass is 256 g/mol. The van der Waals surface area contributed by atoms with Crippen molar-refractivity contribution in [2.45, 2.75) is 6.92 Å². The molecule has 0 unspecified atom stereocenters. The van der Waals surface area contributed by atoms with Crippen molar-refractivity contribution in [3.63, 3.8) is 0 Å². The first-order chi connectivity index (χ1) is 8.88. The van der Waals surface area contributed by atoms with Crippen molar-refractivity contribution in [2.75, 3.05) is 11.9 Å². The van der Waals surface area contributed by atoms with Crippen LogP contribution in [0.1, 0.15) is 6.92 Å². The van der Waals surface area contributed by atoms with Gasteiger partial charge in [0.25, 0.3) is 0 Å². The molecule has 0 radical (unpaired) electrons. The Labute approximate surface area is 109 Å². The smallest absolute Gasteiger partial charge is 0.181 e. The Hall–Kier alpha value is -2.01. The van der Waals surface area contributed by atoms with Crippen LogP contribution >= 0.6 is 11.3 Å². The molecule has 0 saturated carbocycles. The van der Waals surface area contributed by atoms with E-state index in [-0.39, 0.29) is 0 Å². The topological polar surface area (TPSA) is 50.7 Å². The molecule has 0 atom stereocenters. The van der Waals surface area contributed by atoms with Crippen molar-refractivity contribution in [2.24, 2.45) is 0 Å². The van der Waals surface area contributed by atoms with Crippen LogP contribution < -0.4 is 5.32 Å². The van der Waals surface area contributed by atoms with Gasteiger partial charge in [0.2, 0.25) is 0 Å². The molecule has 0 aliphatic rings. The molecule has 18 heavy (non-hydrogen) atoms. The van der Waals surface area contributed by atoms with Crippen LogP contribution in [0.15, 0.2) is 35.8 Å². The van der Waals surface area contributed by atoms with E-state index < -0.39 is 0 Å². The van der Waals surface area contributed by atoms with Crippen LogP contribution in [0, 0.1) is 0 Å². The molecule has 0 fully saturated rings. The third-order valence-electron chi connectivity index (χ3n) is 2.56. The summed E-state index contributed by atoms with van der Waals surface area (Å²) in [5.74, 6) is 1.55. The van der Waals surface area contributed by atoms with Crippen LogP contribution in [0.4, 0.5) is 5.82 Å². The van der Waals surface area contributed by atoms with Crippen LogP contribution in [0.3, 0.4) is 0 Å². The van der Waals surface area contributed by atoms with Gasteiger partial charge in [0.15, 0.2) is 5.82 Å². The molecule has 0 aliphatic heterocycles. The van der Waals surface area contributed by atoms with Gasteiger partial charge >= 0.3 is 0 Å². The minimum Gasteiger partial charge on any atom is -0.370 e. The molecule has 5 heteroatoms. The second-order valence-electron chi connectivity index (χ2n) is 3.78. The Balaban J connectivity index is 2.19. The van der Waals surface area contributed by atoms with E-state index in [4.69, 9.17) is 0 Å². The van der Waals surface area contributed by atoms with E-state index in [0.717, 1.165) is 28.3 Å². The number of aromatic nitrogens is 3. The molecule has 90 valence electrons. The van der Waals surface area contributed by atoms with Gasteiger partial charge in [-0.1, -0.05) is 6.07 Å². The summed E-state index contributed by atoms with van der Waals surface area (Å²) in [6.45, 7) is 2.89. The first-order valence-electron chi connectivity index (χ1n) is 5.79. The second-order valence-corrected chi connectivity index (χ2v) is 4.68. The van der Waals surface area contributed by atoms with E-state index in [1.165, 1.54) is 0 Å². The summed E-state index contributed by atoms with van der Waals surface area (Å²) < 4.78 is 0. The maximum Gasteiger partial charge on any atom is 0.181 e. The molecule has 3 rings (SSSR count). The molecule has 0 spiro atoms. The van der Waals surface area contributed by atoms with E-state index in [0.29, 0.717) is 5.82 Å². The minimum absolute atomic E-state index is 0.668. The van der Waals surface area contributed by atoms with Crippen molar-refractivity contribution >= 4 is 27.4 Å². The third kappa shape index (κ3) is 1.93. The molecule has 0 bridgehead atoms. The van der Waals surface area contributed by atoms with Crippen LogP contribution in [0.2, 0.25) is 0 Å². The molecule has 1 N–H and O–H groups in total. The Morgan fingerprint density at radius 1 is 1.22 bits per heavy atom. The summed E-state index contributed by atoms with van der Waals surface area (Å²) in [6, 6.07) is 7.79. The number of fused-ring (bicyclic) bond motifs is 1. The Morgan fingerprint density at radius 2 is 2.17 bits per heavy atom. The van der Waals surface area contributed by atoms with Crippen LogP contribution in [-0.2, 0) is 0 Å². The van der Waals surface area contributed by atoms with E-state index in [9.17, 15) is 0 Å². The quantitative estimate of drug-likeness (QED) is 0.782. The number of hydrogen-bond donors (Lipinski definition) is 1. The lowest BCUT2D eigenvalue weighted by molar-refractivity contribution is 1.13. The molecule has 3 heterocycles. The standard InChI is InChI=1S/C13H12N4S/c1-2-14-11-9-6-8-18-13(9)17-12(16-11)10-5-3-4-7-15-10/h3-8H,2H2,1H3,(H,14,16,17). The third-order valence-corrected chi connectivity index (χ3v) is 3.37. The Morgan fingerprint density at radius 3 is 2.94 bits per heavy atom. The largest absolute Gasteiger partial charge is 0.370 e. The van der Waals surface area contributed by atoms with Crippen molar-refractivity contribution in [1.29, 1.82) is 0 Å². The first kappa shape index (κ1) is 11.1. The predicted molar refractivity (Wildman–Crippen MR) is 74.8 cm³/mol. The summed E-state index contributed by atoms with van der Waals surface area (Å²) in [6.07, 6.45) is 1.75. The number of hydrogen-bond acceptors (Lipinski definition) is 5. The highest BCUT2D eigenvalue weighted by atomic mass is 32.1. The fraction of sp³-hybridized carbons (Fsp3) is 0.154. The summed E-state index contributed by atoms with van der Waals surface area (Å²) in [7, 11) is 0. The average molecular weight is 256 g/mol. The number of pyridine rings is 1. The van der Waals surface area contributed by atoms with Gasteiger partial charge in [-0.15, -0.1) is 11.3 Å². The number of nitrogens with one attached hydrogen (secondary N) is 1. The predicted octanol–water partition coefficient (Wildman–Crippen LogP) is 3.19. The SMILES string of the molecule is CCNc1nc(-c2ccccn2)nc2sccc12. The molecule has 0 saturated heterocycles. The highest BCUT2D eigenvalue weighted by Crippen LogP contribution is 2.27. The number of rotatable bonds is 3. The van der Waals surface area contributed by atoms with Crippen LogP contribution in [0.25, 0.3) is 21.7 Å². The molecule has 3 aromatic heterocycles. The fourth-order valence-corrected chi connectivity index (χ4v) is 2.53. The average Bonchev–Trinajstić information content (AvgIpc) is 2.88. The molecule has 4 nitrogen and oxygen atoms in total. The fourth-order valence-electron chi connectivity index (χ4n) is 1.77. The van der Waals surface area contributed by atoms with Crippen molar-refractivity contribution in [3.05, 3.63) is 35.8 Å². The lowest BCUT2D eigenvalue weighted by Gasteiger charge is -2.06. The van der Waals surface area contributed by atoms with Crippen molar-refractivity contribution < 1.29 is 0 Å². The van der Waals surface area contributed by atoms with E-state index >= 15 is 0 Å². The molecule has 0 amide bonds. The van der Waals surface area contributed by atoms with Gasteiger partial charge in [-0.2, -0.15) is 0 Å². The summed E-state index contributed by atoms with van der Waals surface area (Å²) in [5, 5.41) is 6.38. The second kappa shape index (κ2) is 4.70. The van der Waals surface area contributed by atoms with Gasteiger partial charge < -0.3 is 5.32 Å². The summed E-state index contributed by atoms with van der Waals surface area (Å²) >= 11 is 1.62. The normalized spacial score (nSPS) is 10.7. The maximum absolute atomic E-state index is 4.56. The molecule has 0 aliphatic carbocycles. The van der Waals surface area contributed by atoms with Crippen LogP contribution in [0.5, 0.6) is 0 Å². The van der Waals surface area contributed by atoms with Gasteiger partial charge in [-0.05, 0) is 30.5 Å². The van der Waals surface area contributed by atoms with Gasteiger partial charge in [0, 0.05) is 12.7 Å². The lowest BCUT2D eigenvalue weighted by Crippen LogP contribution is -2.02. The van der Waals surface area contributed by atoms with Gasteiger partial charge in [-0.3, -0.25) is 4.98 Å². The van der Waals surface area contributed by atoms with Crippen molar-refractivity contribution in [1.82, 2.24) is 15.0 Å². The van der Waals surface area contributed by atoms with E-state index in [2.05, 4.69) is 27.2 Å². The molecule has 0 aromatic carbocycles. The first-order valence-corrected chi connectivity index (χ1v) is 6.67. The minimum atomic E-state index is 0.668. The summed E-state index contributed by atoms with van der Waals surface area (Å²) in [5.41, 5.74) is 0.798. The van der Waals surface area contributed by atoms with Gasteiger partial charge in [0.1, 0.15) is 16.3 Å². The van der Waals surface area contributed by atoms with E-state index in [1.54, 1.807) is 17.5 Å². The lowest BCUT2D eigenvalue weighted by atomic mass is 10.3. The number of anilines is 1. The Kier molecular flexibility index (Phi) is 2.90. The van der Waals surface area contributed by atoms with Crippen LogP contribution in [-0.4, -0.2) is 21.5 Å². The highest BCUT2D eigenvalue weighted by molar-refractivity contribution is 7.16. The zero-order valence-corrected chi connectivity index (χ0v) is 10.7. The van der Waals surface area contributed by atoms with Gasteiger partial charge in [-0.25, -0.2) is 9.97 Å². The molecular formula is C13H12N4S. The number of nitrogens with zero attached hydrogens (tertiary/aromatic N) is 3. The zero-order valence-electron chi connectivity index (χ0n) is 9.92. The molecule has 3 aromatic rings. The Bertz CT molecular complexity index is 663. The van der Waals surface area contributed by atoms with Gasteiger partial charge in [0.05, 0.1) is 5.39 Å². The summed E-state index contributed by atoms with van der Waals surface area (Å²) in [4.78, 5) is 14.4.